The first kappa shape index (κ1) is 16.6. The van der Waals surface area contributed by atoms with Gasteiger partial charge in [0.1, 0.15) is 10.5 Å². The third-order valence-electron chi connectivity index (χ3n) is 3.70. The molecule has 8 heteroatoms. The first-order valence-electron chi connectivity index (χ1n) is 7.77. The van der Waals surface area contributed by atoms with Gasteiger partial charge in [-0.25, -0.2) is 9.97 Å². The predicted molar refractivity (Wildman–Crippen MR) is 104 cm³/mol. The lowest BCUT2D eigenvalue weighted by molar-refractivity contribution is 0.548. The van der Waals surface area contributed by atoms with Crippen molar-refractivity contribution in [1.82, 2.24) is 14.5 Å². The van der Waals surface area contributed by atoms with Crippen molar-refractivity contribution in [2.24, 2.45) is 0 Å². The summed E-state index contributed by atoms with van der Waals surface area (Å²) in [6.07, 6.45) is 0. The van der Waals surface area contributed by atoms with E-state index in [1.165, 1.54) is 11.3 Å². The quantitative estimate of drug-likeness (QED) is 0.363. The van der Waals surface area contributed by atoms with E-state index < -0.39 is 0 Å². The number of aromatic nitrogens is 3. The normalized spacial score (nSPS) is 11.4. The molecule has 128 valence electrons. The molecule has 5 nitrogen and oxygen atoms in total. The molecule has 0 aliphatic carbocycles. The molecular formula is C17H15N3O2S3. The monoisotopic (exact) mass is 389 g/mol. The maximum atomic E-state index is 12.5. The second-order valence-corrected chi connectivity index (χ2v) is 8.14. The molecule has 0 amide bonds. The van der Waals surface area contributed by atoms with E-state index in [0.29, 0.717) is 12.3 Å². The number of fused-ring (bicyclic) bond motifs is 1. The van der Waals surface area contributed by atoms with Crippen LogP contribution >= 0.6 is 34.4 Å². The van der Waals surface area contributed by atoms with Crippen LogP contribution in [0.3, 0.4) is 0 Å². The number of thiazole rings is 1. The summed E-state index contributed by atoms with van der Waals surface area (Å²) in [5.41, 5.74) is 1.77. The highest BCUT2D eigenvalue weighted by atomic mass is 32.2. The molecule has 0 unspecified atom stereocenters. The Hall–Kier alpha value is -1.90. The molecule has 4 aromatic rings. The van der Waals surface area contributed by atoms with Gasteiger partial charge in [0.05, 0.1) is 11.2 Å². The second kappa shape index (κ2) is 6.78. The maximum absolute atomic E-state index is 12.5. The third kappa shape index (κ3) is 3.17. The van der Waals surface area contributed by atoms with Crippen LogP contribution in [0, 0.1) is 6.92 Å². The van der Waals surface area contributed by atoms with Gasteiger partial charge < -0.3 is 4.42 Å². The van der Waals surface area contributed by atoms with E-state index in [2.05, 4.69) is 9.97 Å². The van der Waals surface area contributed by atoms with Gasteiger partial charge in [-0.1, -0.05) is 11.8 Å². The molecular weight excluding hydrogens is 374 g/mol. The average molecular weight is 390 g/mol. The summed E-state index contributed by atoms with van der Waals surface area (Å²) >= 11 is 4.55. The van der Waals surface area contributed by atoms with Crippen molar-refractivity contribution in [3.05, 3.63) is 50.8 Å². The zero-order valence-corrected chi connectivity index (χ0v) is 16.1. The number of hydrogen-bond donors (Lipinski definition) is 0. The standard InChI is InChI=1S/C17H15N3O2S3/c1-3-20-16(21)14-12(6-7-23-14)19-17(20)25-9-11-8-24-15(18-11)13-5-4-10(2)22-13/h4-8H,3,9H2,1-2H3. The second-order valence-electron chi connectivity index (χ2n) is 5.42. The van der Waals surface area contributed by atoms with Crippen LogP contribution in [0.1, 0.15) is 18.4 Å². The molecule has 25 heavy (non-hydrogen) atoms. The number of hydrogen-bond acceptors (Lipinski definition) is 7. The van der Waals surface area contributed by atoms with Crippen LogP contribution in [0.15, 0.2) is 43.3 Å². The lowest BCUT2D eigenvalue weighted by atomic mass is 10.4. The first-order chi connectivity index (χ1) is 12.2. The smallest absolute Gasteiger partial charge is 0.272 e. The highest BCUT2D eigenvalue weighted by molar-refractivity contribution is 7.98. The molecule has 0 aliphatic rings. The van der Waals surface area contributed by atoms with Crippen LogP contribution in [0.4, 0.5) is 0 Å². The van der Waals surface area contributed by atoms with E-state index in [1.807, 2.05) is 42.8 Å². The Morgan fingerprint density at radius 2 is 2.12 bits per heavy atom. The Kier molecular flexibility index (Phi) is 4.49. The predicted octanol–water partition coefficient (Wildman–Crippen LogP) is 4.80. The summed E-state index contributed by atoms with van der Waals surface area (Å²) in [5, 5.41) is 5.54. The number of thioether (sulfide) groups is 1. The molecule has 0 radical (unpaired) electrons. The van der Waals surface area contributed by atoms with Gasteiger partial charge in [-0.15, -0.1) is 22.7 Å². The summed E-state index contributed by atoms with van der Waals surface area (Å²) in [4.78, 5) is 21.8. The number of aryl methyl sites for hydroxylation is 1. The van der Waals surface area contributed by atoms with Gasteiger partial charge in [0.25, 0.3) is 5.56 Å². The molecule has 4 rings (SSSR count). The largest absolute Gasteiger partial charge is 0.459 e. The maximum Gasteiger partial charge on any atom is 0.272 e. The Morgan fingerprint density at radius 1 is 1.24 bits per heavy atom. The van der Waals surface area contributed by atoms with E-state index in [0.717, 1.165) is 37.6 Å². The van der Waals surface area contributed by atoms with Crippen molar-refractivity contribution in [2.45, 2.75) is 31.3 Å². The van der Waals surface area contributed by atoms with Crippen LogP contribution in [0.2, 0.25) is 0 Å². The molecule has 4 heterocycles. The van der Waals surface area contributed by atoms with Crippen LogP contribution in [-0.4, -0.2) is 14.5 Å². The summed E-state index contributed by atoms with van der Waals surface area (Å²) < 4.78 is 8.07. The zero-order valence-electron chi connectivity index (χ0n) is 13.7. The molecule has 0 aliphatic heterocycles. The van der Waals surface area contributed by atoms with Crippen LogP contribution in [-0.2, 0) is 12.3 Å². The van der Waals surface area contributed by atoms with Gasteiger partial charge >= 0.3 is 0 Å². The van der Waals surface area contributed by atoms with Gasteiger partial charge in [0.15, 0.2) is 15.9 Å². The van der Waals surface area contributed by atoms with Gasteiger partial charge in [-0.3, -0.25) is 9.36 Å². The van der Waals surface area contributed by atoms with Crippen molar-refractivity contribution in [2.75, 3.05) is 0 Å². The molecule has 0 spiro atoms. The zero-order chi connectivity index (χ0) is 17.4. The van der Waals surface area contributed by atoms with E-state index in [1.54, 1.807) is 27.7 Å². The average Bonchev–Trinajstić information content (AvgIpc) is 3.33. The number of rotatable bonds is 5. The van der Waals surface area contributed by atoms with Crippen LogP contribution in [0.5, 0.6) is 0 Å². The van der Waals surface area contributed by atoms with Crippen LogP contribution in [0.25, 0.3) is 21.0 Å². The summed E-state index contributed by atoms with van der Waals surface area (Å²) in [6, 6.07) is 5.77. The fourth-order valence-corrected chi connectivity index (χ4v) is 5.11. The minimum atomic E-state index is 0.0371. The molecule has 0 N–H and O–H groups in total. The molecule has 0 atom stereocenters. The van der Waals surface area contributed by atoms with Crippen LogP contribution < -0.4 is 5.56 Å². The van der Waals surface area contributed by atoms with E-state index in [4.69, 9.17) is 4.42 Å². The Morgan fingerprint density at radius 3 is 2.88 bits per heavy atom. The molecule has 0 fully saturated rings. The first-order valence-corrected chi connectivity index (χ1v) is 10.5. The number of nitrogens with zero attached hydrogens (tertiary/aromatic N) is 3. The van der Waals surface area contributed by atoms with Crippen molar-refractivity contribution < 1.29 is 4.42 Å². The Balaban J connectivity index is 1.58. The van der Waals surface area contributed by atoms with Crippen molar-refractivity contribution in [3.63, 3.8) is 0 Å². The minimum Gasteiger partial charge on any atom is -0.459 e. The molecule has 4 aromatic heterocycles. The summed E-state index contributed by atoms with van der Waals surface area (Å²) in [7, 11) is 0. The van der Waals surface area contributed by atoms with E-state index >= 15 is 0 Å². The molecule has 0 saturated carbocycles. The Bertz CT molecular complexity index is 1090. The summed E-state index contributed by atoms with van der Waals surface area (Å²) in [6.45, 7) is 4.49. The summed E-state index contributed by atoms with van der Waals surface area (Å²) in [5.74, 6) is 2.33. The highest BCUT2D eigenvalue weighted by Crippen LogP contribution is 2.29. The lowest BCUT2D eigenvalue weighted by Gasteiger charge is -2.08. The van der Waals surface area contributed by atoms with Gasteiger partial charge in [-0.05, 0) is 37.4 Å². The van der Waals surface area contributed by atoms with Crippen molar-refractivity contribution in [1.29, 1.82) is 0 Å². The molecule has 0 aromatic carbocycles. The SMILES string of the molecule is CCn1c(SCc2csc(-c3ccc(C)o3)n2)nc2ccsc2c1=O. The lowest BCUT2D eigenvalue weighted by Crippen LogP contribution is -2.21. The number of thiophene rings is 1. The fourth-order valence-electron chi connectivity index (χ4n) is 2.49. The molecule has 0 bridgehead atoms. The Labute approximate surface area is 156 Å². The van der Waals surface area contributed by atoms with E-state index in [-0.39, 0.29) is 5.56 Å². The van der Waals surface area contributed by atoms with Crippen molar-refractivity contribution in [3.8, 4) is 10.8 Å². The molecule has 0 saturated heterocycles. The fraction of sp³-hybridized carbons (Fsp3) is 0.235. The van der Waals surface area contributed by atoms with E-state index in [9.17, 15) is 4.79 Å². The van der Waals surface area contributed by atoms with Gasteiger partial charge in [0.2, 0.25) is 0 Å². The van der Waals surface area contributed by atoms with Crippen molar-refractivity contribution >= 4 is 44.7 Å². The topological polar surface area (TPSA) is 60.9 Å². The third-order valence-corrected chi connectivity index (χ3v) is 6.51. The number of furan rings is 1. The van der Waals surface area contributed by atoms with Gasteiger partial charge in [-0.2, -0.15) is 0 Å². The van der Waals surface area contributed by atoms with Gasteiger partial charge in [0, 0.05) is 17.7 Å². The minimum absolute atomic E-state index is 0.0371. The highest BCUT2D eigenvalue weighted by Gasteiger charge is 2.13.